The number of nitrogens with two attached hydrogens (primary N) is 2. The molecule has 2 amide bonds. The van der Waals surface area contributed by atoms with Gasteiger partial charge in [-0.25, -0.2) is 19.6 Å². The second kappa shape index (κ2) is 28.1. The Kier molecular flexibility index (Phi) is 21.1. The maximum absolute atomic E-state index is 14.7. The number of nitrogen functional groups attached to an aromatic ring is 2. The molecule has 6 rings (SSSR count). The number of hydrogen-bond donors (Lipinski definition) is 4. The van der Waals surface area contributed by atoms with Crippen molar-refractivity contribution in [3.05, 3.63) is 156 Å². The van der Waals surface area contributed by atoms with Crippen LogP contribution in [-0.2, 0) is 51.2 Å². The van der Waals surface area contributed by atoms with Crippen molar-refractivity contribution in [3.63, 3.8) is 0 Å². The summed E-state index contributed by atoms with van der Waals surface area (Å²) in [7, 11) is 2.47. The number of para-hydroxylation sites is 2. The molecule has 2 heterocycles. The van der Waals surface area contributed by atoms with E-state index in [0.29, 0.717) is 59.6 Å². The summed E-state index contributed by atoms with van der Waals surface area (Å²) in [6.07, 6.45) is 2.13. The van der Waals surface area contributed by atoms with Crippen LogP contribution in [0.3, 0.4) is 0 Å². The molecule has 0 spiro atoms. The summed E-state index contributed by atoms with van der Waals surface area (Å²) in [5.74, 6) is -4.34. The summed E-state index contributed by atoms with van der Waals surface area (Å²) in [6, 6.07) is 39.4. The minimum Gasteiger partial charge on any atom is -0.468 e. The number of nitrogens with one attached hydrogen (secondary N) is 2. The van der Waals surface area contributed by atoms with Gasteiger partial charge >= 0.3 is 23.9 Å². The smallest absolute Gasteiger partial charge is 0.347 e. The lowest BCUT2D eigenvalue weighted by Gasteiger charge is -2.42. The number of hydrogen-bond acceptors (Lipinski definition) is 16. The summed E-state index contributed by atoms with van der Waals surface area (Å²) in [5.41, 5.74) is 13.7. The topological polar surface area (TPSA) is 248 Å². The van der Waals surface area contributed by atoms with Crippen LogP contribution in [0, 0.1) is 0 Å². The number of carbonyl (C=O) groups is 6. The van der Waals surface area contributed by atoms with Crippen LogP contribution in [0.1, 0.15) is 98.3 Å². The third-order valence-electron chi connectivity index (χ3n) is 13.2. The van der Waals surface area contributed by atoms with E-state index in [2.05, 4.69) is 10.6 Å². The van der Waals surface area contributed by atoms with E-state index in [0.717, 1.165) is 11.1 Å². The third-order valence-corrected chi connectivity index (χ3v) is 13.2. The highest BCUT2D eigenvalue weighted by atomic mass is 16.5. The molecule has 2 unspecified atom stereocenters. The molecule has 0 bridgehead atoms. The minimum absolute atomic E-state index is 0.0277. The molecule has 0 aliphatic carbocycles. The zero-order valence-electron chi connectivity index (χ0n) is 45.2. The van der Waals surface area contributed by atoms with Gasteiger partial charge < -0.3 is 41.0 Å². The Bertz CT molecular complexity index is 2830. The van der Waals surface area contributed by atoms with Gasteiger partial charge in [0.2, 0.25) is 0 Å². The van der Waals surface area contributed by atoms with Crippen LogP contribution in [0.2, 0.25) is 0 Å². The fourth-order valence-corrected chi connectivity index (χ4v) is 9.13. The molecule has 0 aliphatic heterocycles. The number of aromatic nitrogens is 2. The number of esters is 4. The molecule has 0 radical (unpaired) electrons. The second-order valence-corrected chi connectivity index (χ2v) is 18.5. The molecule has 18 heteroatoms. The SMILES string of the molecule is CCCCC(NC(=O)c1ccccc1N)(C(=O)OCC)N(CC(=O)OC)Cc1cc(-c2ccccc2)cc(-c2cc(-c3ccccc3)cc(CN(CC(=O)OC)C(CCCC)(NC(=O)c3ccccc3N)C(=O)OCC)n2)n1. The van der Waals surface area contributed by atoms with E-state index in [9.17, 15) is 28.8 Å². The Morgan fingerprint density at radius 2 is 0.859 bits per heavy atom. The molecular formula is C60H70N8O10. The van der Waals surface area contributed by atoms with Crippen LogP contribution in [0.15, 0.2) is 133 Å². The van der Waals surface area contributed by atoms with Crippen molar-refractivity contribution in [3.8, 4) is 33.6 Å². The van der Waals surface area contributed by atoms with Crippen molar-refractivity contribution in [2.45, 2.75) is 90.6 Å². The van der Waals surface area contributed by atoms with Gasteiger partial charge in [0.25, 0.3) is 11.8 Å². The summed E-state index contributed by atoms with van der Waals surface area (Å²) in [4.78, 5) is 98.6. The first-order chi connectivity index (χ1) is 37.6. The maximum Gasteiger partial charge on any atom is 0.347 e. The third kappa shape index (κ3) is 14.5. The summed E-state index contributed by atoms with van der Waals surface area (Å²) < 4.78 is 21.9. The summed E-state index contributed by atoms with van der Waals surface area (Å²) >= 11 is 0. The van der Waals surface area contributed by atoms with Crippen molar-refractivity contribution in [2.24, 2.45) is 0 Å². The van der Waals surface area contributed by atoms with E-state index >= 15 is 0 Å². The van der Waals surface area contributed by atoms with Gasteiger partial charge in [0.15, 0.2) is 11.3 Å². The van der Waals surface area contributed by atoms with Crippen LogP contribution >= 0.6 is 0 Å². The van der Waals surface area contributed by atoms with E-state index in [1.807, 2.05) is 98.8 Å². The molecular weight excluding hydrogens is 993 g/mol. The highest BCUT2D eigenvalue weighted by molar-refractivity contribution is 6.03. The first-order valence-electron chi connectivity index (χ1n) is 26.1. The quantitative estimate of drug-likeness (QED) is 0.0164. The van der Waals surface area contributed by atoms with Gasteiger partial charge in [-0.1, -0.05) is 112 Å². The Balaban J connectivity index is 1.60. The highest BCUT2D eigenvalue weighted by Crippen LogP contribution is 2.34. The average Bonchev–Trinajstić information content (AvgIpc) is 3.56. The van der Waals surface area contributed by atoms with Gasteiger partial charge in [0.1, 0.15) is 0 Å². The number of nitrogens with zero attached hydrogens (tertiary/aromatic N) is 4. The number of anilines is 2. The van der Waals surface area contributed by atoms with Gasteiger partial charge in [-0.2, -0.15) is 0 Å². The Labute approximate surface area is 455 Å². The lowest BCUT2D eigenvalue weighted by atomic mass is 9.97. The van der Waals surface area contributed by atoms with Crippen LogP contribution < -0.4 is 22.1 Å². The molecule has 18 nitrogen and oxygen atoms in total. The van der Waals surface area contributed by atoms with Gasteiger partial charge in [-0.15, -0.1) is 0 Å². The molecule has 2 atom stereocenters. The molecule has 78 heavy (non-hydrogen) atoms. The van der Waals surface area contributed by atoms with Crippen molar-refractivity contribution >= 4 is 47.1 Å². The lowest BCUT2D eigenvalue weighted by molar-refractivity contribution is -0.165. The monoisotopic (exact) mass is 1060 g/mol. The molecule has 2 aromatic heterocycles. The van der Waals surface area contributed by atoms with E-state index in [-0.39, 0.29) is 61.6 Å². The zero-order valence-corrected chi connectivity index (χ0v) is 45.2. The first-order valence-corrected chi connectivity index (χ1v) is 26.1. The molecule has 0 fully saturated rings. The van der Waals surface area contributed by atoms with Crippen LogP contribution in [0.4, 0.5) is 11.4 Å². The normalized spacial score (nSPS) is 12.7. The number of benzene rings is 4. The fourth-order valence-electron chi connectivity index (χ4n) is 9.13. The standard InChI is InChI=1S/C60H70N8O10/c1-7-11-31-59(57(73)77-9-3,65-55(71)47-27-19-21-29-49(47)61)67(39-53(69)75-5)37-45-33-43(41-23-15-13-16-24-41)35-51(63-45)52-36-44(42-25-17-14-18-26-42)34-46(64-52)38-68(40-54(70)76-6)60(32-12-8-2,58(74)78-10-4)66-56(72)48-28-20-22-30-50(48)62/h13-30,33-36H,7-12,31-32,37-40,61-62H2,1-6H3,(H,65,71)(H,66,72). The van der Waals surface area contributed by atoms with E-state index in [1.165, 1.54) is 24.0 Å². The molecule has 410 valence electrons. The minimum atomic E-state index is -1.95. The summed E-state index contributed by atoms with van der Waals surface area (Å²) in [5, 5.41) is 5.93. The lowest BCUT2D eigenvalue weighted by Crippen LogP contribution is -2.66. The molecule has 0 aliphatic rings. The summed E-state index contributed by atoms with van der Waals surface area (Å²) in [6.45, 7) is 5.73. The zero-order chi connectivity index (χ0) is 56.2. The number of methoxy groups -OCH3 is 2. The number of amides is 2. The Morgan fingerprint density at radius 3 is 1.19 bits per heavy atom. The largest absolute Gasteiger partial charge is 0.468 e. The molecule has 0 saturated heterocycles. The van der Waals surface area contributed by atoms with Crippen molar-refractivity contribution in [2.75, 3.05) is 52.0 Å². The fraction of sp³-hybridized carbons (Fsp3) is 0.333. The first kappa shape index (κ1) is 58.8. The second-order valence-electron chi connectivity index (χ2n) is 18.5. The predicted molar refractivity (Wildman–Crippen MR) is 298 cm³/mol. The number of ether oxygens (including phenoxy) is 4. The molecule has 4 aromatic carbocycles. The van der Waals surface area contributed by atoms with Crippen LogP contribution in [0.5, 0.6) is 0 Å². The Hall–Kier alpha value is -8.48. The van der Waals surface area contributed by atoms with E-state index < -0.39 is 60.1 Å². The van der Waals surface area contributed by atoms with Crippen molar-refractivity contribution in [1.29, 1.82) is 0 Å². The number of rotatable bonds is 27. The average molecular weight is 1060 g/mol. The van der Waals surface area contributed by atoms with Gasteiger partial charge in [-0.3, -0.25) is 29.0 Å². The van der Waals surface area contributed by atoms with Crippen molar-refractivity contribution < 1.29 is 47.7 Å². The van der Waals surface area contributed by atoms with Gasteiger partial charge in [0.05, 0.1) is 74.4 Å². The maximum atomic E-state index is 14.7. The predicted octanol–water partition coefficient (Wildman–Crippen LogP) is 8.35. The Morgan fingerprint density at radius 1 is 0.500 bits per heavy atom. The van der Waals surface area contributed by atoms with E-state index in [4.69, 9.17) is 40.4 Å². The van der Waals surface area contributed by atoms with E-state index in [1.54, 1.807) is 62.4 Å². The number of carbonyl (C=O) groups excluding carboxylic acids is 6. The molecule has 0 saturated carbocycles. The van der Waals surface area contributed by atoms with Gasteiger partial charge in [0, 0.05) is 24.5 Å². The number of pyridine rings is 2. The molecule has 6 aromatic rings. The van der Waals surface area contributed by atoms with Crippen LogP contribution in [0.25, 0.3) is 33.6 Å². The van der Waals surface area contributed by atoms with Crippen LogP contribution in [-0.4, -0.2) is 107 Å². The molecule has 6 N–H and O–H groups in total. The number of unbranched alkanes of at least 4 members (excludes halogenated alkanes) is 2. The van der Waals surface area contributed by atoms with Crippen molar-refractivity contribution in [1.82, 2.24) is 30.4 Å². The highest BCUT2D eigenvalue weighted by Gasteiger charge is 2.49. The van der Waals surface area contributed by atoms with Gasteiger partial charge in [-0.05, 0) is 110 Å².